The summed E-state index contributed by atoms with van der Waals surface area (Å²) in [6.07, 6.45) is 3.43. The normalized spacial score (nSPS) is 10.8. The van der Waals surface area contributed by atoms with E-state index in [2.05, 4.69) is 10.2 Å². The van der Waals surface area contributed by atoms with Crippen molar-refractivity contribution in [3.05, 3.63) is 57.1 Å². The number of aryl methyl sites for hydroxylation is 1. The monoisotopic (exact) mass is 346 g/mol. The minimum absolute atomic E-state index is 0.163. The number of nitrogens with one attached hydrogen (secondary N) is 1. The van der Waals surface area contributed by atoms with Gasteiger partial charge in [0.25, 0.3) is 5.56 Å². The van der Waals surface area contributed by atoms with Crippen molar-refractivity contribution in [1.29, 1.82) is 0 Å². The second kappa shape index (κ2) is 6.01. The lowest BCUT2D eigenvalue weighted by Crippen LogP contribution is -2.04. The highest BCUT2D eigenvalue weighted by molar-refractivity contribution is 6.33. The Bertz CT molecular complexity index is 984. The van der Waals surface area contributed by atoms with Crippen molar-refractivity contribution in [1.82, 2.24) is 19.6 Å². The molecule has 1 aromatic carbocycles. The third kappa shape index (κ3) is 2.63. The number of aromatic amines is 1. The molecule has 0 spiro atoms. The van der Waals surface area contributed by atoms with Crippen LogP contribution in [0, 0.1) is 6.92 Å². The first-order valence-electron chi connectivity index (χ1n) is 7.11. The number of hydrogen-bond acceptors (Lipinski definition) is 4. The Balaban J connectivity index is 2.05. The molecular weight excluding hydrogens is 332 g/mol. The summed E-state index contributed by atoms with van der Waals surface area (Å²) < 4.78 is 7.94. The average Bonchev–Trinajstić information content (AvgIpc) is 3.12. The first kappa shape index (κ1) is 16.1. The van der Waals surface area contributed by atoms with Crippen molar-refractivity contribution in [2.45, 2.75) is 6.92 Å². The largest absolute Gasteiger partial charge is 0.465 e. The van der Waals surface area contributed by atoms with Gasteiger partial charge in [0.05, 0.1) is 29.5 Å². The number of H-pyrrole nitrogens is 1. The molecule has 0 fully saturated rings. The number of nitrogens with zero attached hydrogens (tertiary/aromatic N) is 3. The number of aromatic nitrogens is 4. The van der Waals surface area contributed by atoms with Crippen molar-refractivity contribution in [2.24, 2.45) is 7.05 Å². The Morgan fingerprint density at radius 1 is 1.33 bits per heavy atom. The van der Waals surface area contributed by atoms with Gasteiger partial charge in [0.15, 0.2) is 5.82 Å². The van der Waals surface area contributed by atoms with Crippen LogP contribution >= 0.6 is 11.6 Å². The summed E-state index contributed by atoms with van der Waals surface area (Å²) in [6, 6.07) is 5.08. The molecular formula is C16H15ClN4O3. The summed E-state index contributed by atoms with van der Waals surface area (Å²) in [4.78, 5) is 23.5. The molecule has 1 N–H and O–H groups in total. The molecule has 0 saturated heterocycles. The Hall–Kier alpha value is -2.80. The van der Waals surface area contributed by atoms with Crippen LogP contribution in [0.5, 0.6) is 0 Å². The van der Waals surface area contributed by atoms with Gasteiger partial charge >= 0.3 is 5.97 Å². The third-order valence-electron chi connectivity index (χ3n) is 3.77. The molecule has 0 aliphatic rings. The van der Waals surface area contributed by atoms with Gasteiger partial charge in [-0.05, 0) is 24.6 Å². The lowest BCUT2D eigenvalue weighted by Gasteiger charge is -2.05. The van der Waals surface area contributed by atoms with Gasteiger partial charge in [-0.2, -0.15) is 5.10 Å². The number of hydrogen-bond donors (Lipinski definition) is 1. The maximum Gasteiger partial charge on any atom is 0.339 e. The van der Waals surface area contributed by atoms with E-state index >= 15 is 0 Å². The summed E-state index contributed by atoms with van der Waals surface area (Å²) >= 11 is 6.04. The highest BCUT2D eigenvalue weighted by Gasteiger charge is 2.15. The number of esters is 1. The van der Waals surface area contributed by atoms with Gasteiger partial charge in [-0.15, -0.1) is 0 Å². The van der Waals surface area contributed by atoms with Crippen LogP contribution in [0.2, 0.25) is 5.02 Å². The van der Waals surface area contributed by atoms with Crippen LogP contribution in [0.4, 0.5) is 0 Å². The van der Waals surface area contributed by atoms with Crippen molar-refractivity contribution in [2.75, 3.05) is 7.11 Å². The zero-order chi connectivity index (χ0) is 17.4. The van der Waals surface area contributed by atoms with E-state index in [1.807, 2.05) is 0 Å². The van der Waals surface area contributed by atoms with Crippen molar-refractivity contribution in [3.63, 3.8) is 0 Å². The van der Waals surface area contributed by atoms with E-state index in [-0.39, 0.29) is 11.1 Å². The zero-order valence-corrected chi connectivity index (χ0v) is 14.1. The first-order chi connectivity index (χ1) is 11.4. The summed E-state index contributed by atoms with van der Waals surface area (Å²) in [6.45, 7) is 1.73. The van der Waals surface area contributed by atoms with Gasteiger partial charge in [-0.1, -0.05) is 17.7 Å². The van der Waals surface area contributed by atoms with Gasteiger partial charge in [-0.25, -0.2) is 9.48 Å². The maximum atomic E-state index is 11.8. The standard InChI is InChI=1S/C16H15ClN4O3/c1-9-14(22)19-20(2)15(9)21-8-11(7-18-21)10-4-5-13(17)12(6-10)16(23)24-3/h4-8H,1-3H3,(H,19,22). The molecule has 7 nitrogen and oxygen atoms in total. The molecule has 0 saturated carbocycles. The second-order valence-electron chi connectivity index (χ2n) is 5.31. The van der Waals surface area contributed by atoms with Crippen LogP contribution in [-0.4, -0.2) is 32.6 Å². The predicted octanol–water partition coefficient (Wildman–Crippen LogP) is 2.31. The molecule has 0 unspecified atom stereocenters. The fourth-order valence-corrected chi connectivity index (χ4v) is 2.72. The summed E-state index contributed by atoms with van der Waals surface area (Å²) in [5, 5.41) is 7.31. The molecule has 3 rings (SSSR count). The first-order valence-corrected chi connectivity index (χ1v) is 7.49. The molecule has 3 aromatic rings. The number of methoxy groups -OCH3 is 1. The topological polar surface area (TPSA) is 81.9 Å². The van der Waals surface area contributed by atoms with E-state index in [0.717, 1.165) is 11.1 Å². The number of rotatable bonds is 3. The van der Waals surface area contributed by atoms with Crippen LogP contribution in [0.25, 0.3) is 16.9 Å². The van der Waals surface area contributed by atoms with Gasteiger partial charge in [0.2, 0.25) is 0 Å². The highest BCUT2D eigenvalue weighted by atomic mass is 35.5. The Labute approximate surface area is 142 Å². The number of halogens is 1. The average molecular weight is 347 g/mol. The van der Waals surface area contributed by atoms with E-state index in [1.54, 1.807) is 53.9 Å². The van der Waals surface area contributed by atoms with Crippen LogP contribution in [-0.2, 0) is 11.8 Å². The van der Waals surface area contributed by atoms with Crippen LogP contribution in [0.15, 0.2) is 35.4 Å². The van der Waals surface area contributed by atoms with Crippen LogP contribution in [0.1, 0.15) is 15.9 Å². The van der Waals surface area contributed by atoms with Gasteiger partial charge in [-0.3, -0.25) is 14.6 Å². The van der Waals surface area contributed by atoms with Crippen LogP contribution in [0.3, 0.4) is 0 Å². The maximum absolute atomic E-state index is 11.8. The van der Waals surface area contributed by atoms with Crippen molar-refractivity contribution < 1.29 is 9.53 Å². The highest BCUT2D eigenvalue weighted by Crippen LogP contribution is 2.26. The molecule has 8 heteroatoms. The Kier molecular flexibility index (Phi) is 4.02. The number of carbonyl (C=O) groups is 1. The summed E-state index contributed by atoms with van der Waals surface area (Å²) in [7, 11) is 3.04. The SMILES string of the molecule is COC(=O)c1cc(-c2cnn(-c3c(C)c(=O)[nH]n3C)c2)ccc1Cl. The minimum Gasteiger partial charge on any atom is -0.465 e. The summed E-state index contributed by atoms with van der Waals surface area (Å²) in [5.74, 6) is 0.145. The second-order valence-corrected chi connectivity index (χ2v) is 5.72. The third-order valence-corrected chi connectivity index (χ3v) is 4.10. The molecule has 124 valence electrons. The molecule has 0 aliphatic heterocycles. The quantitative estimate of drug-likeness (QED) is 0.738. The predicted molar refractivity (Wildman–Crippen MR) is 89.7 cm³/mol. The molecule has 2 aromatic heterocycles. The Morgan fingerprint density at radius 2 is 2.08 bits per heavy atom. The Morgan fingerprint density at radius 3 is 2.71 bits per heavy atom. The van der Waals surface area contributed by atoms with E-state index in [9.17, 15) is 9.59 Å². The molecule has 0 atom stereocenters. The number of benzene rings is 1. The minimum atomic E-state index is -0.502. The molecule has 0 radical (unpaired) electrons. The molecule has 0 amide bonds. The smallest absolute Gasteiger partial charge is 0.339 e. The summed E-state index contributed by atoms with van der Waals surface area (Å²) in [5.41, 5.74) is 2.24. The molecule has 2 heterocycles. The fourth-order valence-electron chi connectivity index (χ4n) is 2.53. The van der Waals surface area contributed by atoms with Gasteiger partial charge < -0.3 is 4.74 Å². The van der Waals surface area contributed by atoms with Gasteiger partial charge in [0.1, 0.15) is 0 Å². The molecule has 0 aliphatic carbocycles. The van der Waals surface area contributed by atoms with Crippen LogP contribution < -0.4 is 5.56 Å². The number of carbonyl (C=O) groups excluding carboxylic acids is 1. The van der Waals surface area contributed by atoms with E-state index in [1.165, 1.54) is 7.11 Å². The molecule has 0 bridgehead atoms. The number of ether oxygens (including phenoxy) is 1. The van der Waals surface area contributed by atoms with E-state index < -0.39 is 5.97 Å². The molecule has 24 heavy (non-hydrogen) atoms. The fraction of sp³-hybridized carbons (Fsp3) is 0.188. The van der Waals surface area contributed by atoms with Crippen molar-refractivity contribution >= 4 is 17.6 Å². The zero-order valence-electron chi connectivity index (χ0n) is 13.3. The van der Waals surface area contributed by atoms with E-state index in [0.29, 0.717) is 16.4 Å². The lowest BCUT2D eigenvalue weighted by atomic mass is 10.1. The van der Waals surface area contributed by atoms with Crippen molar-refractivity contribution in [3.8, 4) is 16.9 Å². The lowest BCUT2D eigenvalue weighted by molar-refractivity contribution is 0.0601. The van der Waals surface area contributed by atoms with E-state index in [4.69, 9.17) is 16.3 Å². The van der Waals surface area contributed by atoms with Gasteiger partial charge in [0, 0.05) is 18.8 Å².